The SMILES string of the molecule is FC(F)(F)Oc1ccccc1CCNc1ccccc1. The summed E-state index contributed by atoms with van der Waals surface area (Å²) in [5.74, 6) is -0.144. The van der Waals surface area contributed by atoms with Crippen LogP contribution in [-0.4, -0.2) is 12.9 Å². The van der Waals surface area contributed by atoms with Crippen LogP contribution in [-0.2, 0) is 6.42 Å². The maximum absolute atomic E-state index is 12.3. The van der Waals surface area contributed by atoms with Crippen molar-refractivity contribution in [3.8, 4) is 5.75 Å². The fraction of sp³-hybridized carbons (Fsp3) is 0.200. The van der Waals surface area contributed by atoms with Gasteiger partial charge < -0.3 is 10.1 Å². The number of rotatable bonds is 5. The van der Waals surface area contributed by atoms with E-state index in [1.807, 2.05) is 30.3 Å². The Kier molecular flexibility index (Phi) is 4.50. The summed E-state index contributed by atoms with van der Waals surface area (Å²) in [5.41, 5.74) is 1.45. The molecule has 5 heteroatoms. The lowest BCUT2D eigenvalue weighted by atomic mass is 10.1. The van der Waals surface area contributed by atoms with E-state index in [-0.39, 0.29) is 5.75 Å². The molecule has 0 heterocycles. The van der Waals surface area contributed by atoms with Gasteiger partial charge in [-0.1, -0.05) is 36.4 Å². The minimum atomic E-state index is -4.66. The Morgan fingerprint density at radius 2 is 1.55 bits per heavy atom. The van der Waals surface area contributed by atoms with Crippen LogP contribution in [0.25, 0.3) is 0 Å². The van der Waals surface area contributed by atoms with Crippen molar-refractivity contribution in [2.24, 2.45) is 0 Å². The molecule has 0 atom stereocenters. The minimum absolute atomic E-state index is 0.144. The van der Waals surface area contributed by atoms with Crippen molar-refractivity contribution in [2.75, 3.05) is 11.9 Å². The quantitative estimate of drug-likeness (QED) is 0.885. The number of alkyl halides is 3. The lowest BCUT2D eigenvalue weighted by Gasteiger charge is -2.13. The Hall–Kier alpha value is -2.17. The number of benzene rings is 2. The van der Waals surface area contributed by atoms with E-state index in [4.69, 9.17) is 0 Å². The van der Waals surface area contributed by atoms with E-state index in [0.29, 0.717) is 18.5 Å². The number of ether oxygens (including phenoxy) is 1. The molecule has 2 rings (SSSR count). The summed E-state index contributed by atoms with van der Waals surface area (Å²) >= 11 is 0. The summed E-state index contributed by atoms with van der Waals surface area (Å²) in [6.07, 6.45) is -4.22. The van der Waals surface area contributed by atoms with Gasteiger partial charge in [-0.3, -0.25) is 0 Å². The zero-order valence-electron chi connectivity index (χ0n) is 10.7. The maximum Gasteiger partial charge on any atom is 0.573 e. The topological polar surface area (TPSA) is 21.3 Å². The summed E-state index contributed by atoms with van der Waals surface area (Å²) < 4.78 is 40.8. The molecule has 1 N–H and O–H groups in total. The second kappa shape index (κ2) is 6.32. The van der Waals surface area contributed by atoms with E-state index in [0.717, 1.165) is 5.69 Å². The van der Waals surface area contributed by atoms with Gasteiger partial charge in [0.25, 0.3) is 0 Å². The van der Waals surface area contributed by atoms with E-state index in [9.17, 15) is 13.2 Å². The molecule has 0 aliphatic carbocycles. The zero-order chi connectivity index (χ0) is 14.4. The Balaban J connectivity index is 1.96. The van der Waals surface area contributed by atoms with Crippen molar-refractivity contribution in [3.63, 3.8) is 0 Å². The molecule has 0 saturated heterocycles. The highest BCUT2D eigenvalue weighted by atomic mass is 19.4. The normalized spacial score (nSPS) is 11.2. The van der Waals surface area contributed by atoms with Crippen molar-refractivity contribution >= 4 is 5.69 Å². The highest BCUT2D eigenvalue weighted by Crippen LogP contribution is 2.26. The number of hydrogen-bond donors (Lipinski definition) is 1. The summed E-state index contributed by atoms with van der Waals surface area (Å²) in [6.45, 7) is 0.530. The average Bonchev–Trinajstić information content (AvgIpc) is 2.40. The molecule has 0 radical (unpaired) electrons. The second-order valence-electron chi connectivity index (χ2n) is 4.20. The molecule has 2 aromatic carbocycles. The third-order valence-corrected chi connectivity index (χ3v) is 2.70. The first-order valence-corrected chi connectivity index (χ1v) is 6.17. The lowest BCUT2D eigenvalue weighted by Crippen LogP contribution is -2.18. The number of halogens is 3. The molecule has 106 valence electrons. The maximum atomic E-state index is 12.3. The summed E-state index contributed by atoms with van der Waals surface area (Å²) in [7, 11) is 0. The van der Waals surface area contributed by atoms with Crippen molar-refractivity contribution in [3.05, 3.63) is 60.2 Å². The van der Waals surface area contributed by atoms with Crippen molar-refractivity contribution < 1.29 is 17.9 Å². The van der Waals surface area contributed by atoms with Gasteiger partial charge >= 0.3 is 6.36 Å². The molecule has 0 amide bonds. The highest BCUT2D eigenvalue weighted by Gasteiger charge is 2.31. The van der Waals surface area contributed by atoms with Gasteiger partial charge in [-0.25, -0.2) is 0 Å². The van der Waals surface area contributed by atoms with Crippen LogP contribution in [0.5, 0.6) is 5.75 Å². The predicted molar refractivity (Wildman–Crippen MR) is 71.8 cm³/mol. The van der Waals surface area contributed by atoms with Gasteiger partial charge in [0.15, 0.2) is 0 Å². The molecule has 0 unspecified atom stereocenters. The summed E-state index contributed by atoms with van der Waals surface area (Å²) in [6, 6.07) is 15.7. The van der Waals surface area contributed by atoms with Gasteiger partial charge in [0.05, 0.1) is 0 Å². The van der Waals surface area contributed by atoms with Crippen LogP contribution in [0.2, 0.25) is 0 Å². The standard InChI is InChI=1S/C15H14F3NO/c16-15(17,18)20-14-9-5-4-6-12(14)10-11-19-13-7-2-1-3-8-13/h1-9,19H,10-11H2. The van der Waals surface area contributed by atoms with E-state index in [1.54, 1.807) is 12.1 Å². The van der Waals surface area contributed by atoms with E-state index < -0.39 is 6.36 Å². The first-order chi connectivity index (χ1) is 9.54. The summed E-state index contributed by atoms with van der Waals surface area (Å²) in [5, 5.41) is 3.15. The molecule has 0 fully saturated rings. The molecule has 0 bridgehead atoms. The third-order valence-electron chi connectivity index (χ3n) is 2.70. The molecule has 0 aromatic heterocycles. The Labute approximate surface area is 115 Å². The van der Waals surface area contributed by atoms with E-state index in [1.165, 1.54) is 12.1 Å². The molecule has 2 aromatic rings. The molecule has 0 aliphatic rings. The molecular formula is C15H14F3NO. The Morgan fingerprint density at radius 1 is 0.900 bits per heavy atom. The van der Waals surface area contributed by atoms with Gasteiger partial charge in [0.1, 0.15) is 5.75 Å². The molecule has 20 heavy (non-hydrogen) atoms. The van der Waals surface area contributed by atoms with E-state index in [2.05, 4.69) is 10.1 Å². The van der Waals surface area contributed by atoms with Crippen LogP contribution in [0.3, 0.4) is 0 Å². The van der Waals surface area contributed by atoms with Crippen LogP contribution >= 0.6 is 0 Å². The fourth-order valence-corrected chi connectivity index (χ4v) is 1.83. The zero-order valence-corrected chi connectivity index (χ0v) is 10.7. The molecule has 0 saturated carbocycles. The lowest BCUT2D eigenvalue weighted by molar-refractivity contribution is -0.274. The average molecular weight is 281 g/mol. The molecular weight excluding hydrogens is 267 g/mol. The van der Waals surface area contributed by atoms with Crippen LogP contribution in [0.4, 0.5) is 18.9 Å². The summed E-state index contributed by atoms with van der Waals surface area (Å²) in [4.78, 5) is 0. The van der Waals surface area contributed by atoms with Crippen molar-refractivity contribution in [2.45, 2.75) is 12.8 Å². The number of anilines is 1. The molecule has 0 spiro atoms. The third kappa shape index (κ3) is 4.50. The first kappa shape index (κ1) is 14.2. The molecule has 2 nitrogen and oxygen atoms in total. The van der Waals surface area contributed by atoms with Crippen molar-refractivity contribution in [1.29, 1.82) is 0 Å². The van der Waals surface area contributed by atoms with Gasteiger partial charge in [0, 0.05) is 12.2 Å². The predicted octanol–water partition coefficient (Wildman–Crippen LogP) is 4.24. The number of para-hydroxylation sites is 2. The van der Waals surface area contributed by atoms with Gasteiger partial charge in [0.2, 0.25) is 0 Å². The van der Waals surface area contributed by atoms with Crippen LogP contribution in [0.1, 0.15) is 5.56 Å². The van der Waals surface area contributed by atoms with Crippen molar-refractivity contribution in [1.82, 2.24) is 0 Å². The molecule has 0 aliphatic heterocycles. The van der Waals surface area contributed by atoms with Crippen LogP contribution < -0.4 is 10.1 Å². The van der Waals surface area contributed by atoms with Crippen LogP contribution in [0, 0.1) is 0 Å². The van der Waals surface area contributed by atoms with E-state index >= 15 is 0 Å². The van der Waals surface area contributed by atoms with Crippen LogP contribution in [0.15, 0.2) is 54.6 Å². The minimum Gasteiger partial charge on any atom is -0.406 e. The Bertz CT molecular complexity index is 540. The Morgan fingerprint density at radius 3 is 2.25 bits per heavy atom. The number of nitrogens with one attached hydrogen (secondary N) is 1. The largest absolute Gasteiger partial charge is 0.573 e. The monoisotopic (exact) mass is 281 g/mol. The number of hydrogen-bond acceptors (Lipinski definition) is 2. The van der Waals surface area contributed by atoms with Gasteiger partial charge in [-0.05, 0) is 30.2 Å². The highest BCUT2D eigenvalue weighted by molar-refractivity contribution is 5.43. The van der Waals surface area contributed by atoms with Gasteiger partial charge in [-0.2, -0.15) is 0 Å². The first-order valence-electron chi connectivity index (χ1n) is 6.17. The smallest absolute Gasteiger partial charge is 0.406 e. The second-order valence-corrected chi connectivity index (χ2v) is 4.20. The fourth-order valence-electron chi connectivity index (χ4n) is 1.83. The van der Waals surface area contributed by atoms with Gasteiger partial charge in [-0.15, -0.1) is 13.2 Å².